The molecule has 1 aromatic carbocycles. The van der Waals surface area contributed by atoms with Gasteiger partial charge in [-0.25, -0.2) is 0 Å². The van der Waals surface area contributed by atoms with Crippen LogP contribution in [0.1, 0.15) is 38.8 Å². The van der Waals surface area contributed by atoms with Crippen molar-refractivity contribution < 1.29 is 0 Å². The van der Waals surface area contributed by atoms with Gasteiger partial charge in [0.05, 0.1) is 0 Å². The zero-order chi connectivity index (χ0) is 10.6. The Labute approximate surface area is 88.4 Å². The highest BCUT2D eigenvalue weighted by Crippen LogP contribution is 2.30. The molecule has 0 aromatic heterocycles. The normalized spacial score (nSPS) is 14.9. The molecule has 0 spiro atoms. The SMILES string of the molecule is CC.CC(C)C1Cc2ccccc2C1. The third-order valence-corrected chi connectivity index (χ3v) is 3.03. The van der Waals surface area contributed by atoms with E-state index in [0.717, 1.165) is 11.8 Å². The maximum atomic E-state index is 2.33. The van der Waals surface area contributed by atoms with Crippen molar-refractivity contribution in [1.29, 1.82) is 0 Å². The highest BCUT2D eigenvalue weighted by atomic mass is 14.3. The average molecular weight is 190 g/mol. The monoisotopic (exact) mass is 190 g/mol. The molecule has 0 amide bonds. The van der Waals surface area contributed by atoms with Gasteiger partial charge in [-0.1, -0.05) is 52.0 Å². The predicted octanol–water partition coefficient (Wildman–Crippen LogP) is 4.08. The minimum atomic E-state index is 0.831. The van der Waals surface area contributed by atoms with Crippen LogP contribution in [0.2, 0.25) is 0 Å². The molecule has 0 saturated carbocycles. The standard InChI is InChI=1S/C12H16.C2H6/c1-9(2)12-7-10-5-3-4-6-11(10)8-12;1-2/h3-6,9,12H,7-8H2,1-2H3;1-2H3. The maximum Gasteiger partial charge on any atom is -0.0242 e. The summed E-state index contributed by atoms with van der Waals surface area (Å²) < 4.78 is 0. The van der Waals surface area contributed by atoms with Crippen LogP contribution in [0.25, 0.3) is 0 Å². The minimum absolute atomic E-state index is 0.831. The summed E-state index contributed by atoms with van der Waals surface area (Å²) in [6.45, 7) is 8.66. The van der Waals surface area contributed by atoms with Crippen LogP contribution in [0, 0.1) is 11.8 Å². The molecular formula is C14H22. The molecule has 0 N–H and O–H groups in total. The lowest BCUT2D eigenvalue weighted by Crippen LogP contribution is -2.07. The first-order chi connectivity index (χ1) is 6.77. The Bertz CT molecular complexity index is 248. The van der Waals surface area contributed by atoms with E-state index in [-0.39, 0.29) is 0 Å². The molecule has 0 unspecified atom stereocenters. The quantitative estimate of drug-likeness (QED) is 0.626. The molecule has 1 aliphatic rings. The van der Waals surface area contributed by atoms with Gasteiger partial charge in [0.25, 0.3) is 0 Å². The Morgan fingerprint density at radius 3 is 1.79 bits per heavy atom. The Balaban J connectivity index is 0.000000461. The van der Waals surface area contributed by atoms with Crippen LogP contribution in [-0.2, 0) is 12.8 Å². The van der Waals surface area contributed by atoms with Crippen molar-refractivity contribution in [3.63, 3.8) is 0 Å². The highest BCUT2D eigenvalue weighted by molar-refractivity contribution is 5.32. The number of benzene rings is 1. The number of fused-ring (bicyclic) bond motifs is 1. The third kappa shape index (κ3) is 2.37. The van der Waals surface area contributed by atoms with E-state index in [1.165, 1.54) is 12.8 Å². The van der Waals surface area contributed by atoms with Crippen molar-refractivity contribution >= 4 is 0 Å². The van der Waals surface area contributed by atoms with Crippen LogP contribution < -0.4 is 0 Å². The topological polar surface area (TPSA) is 0 Å². The van der Waals surface area contributed by atoms with Gasteiger partial charge in [-0.05, 0) is 35.8 Å². The minimum Gasteiger partial charge on any atom is -0.0683 e. The van der Waals surface area contributed by atoms with Gasteiger partial charge in [-0.15, -0.1) is 0 Å². The summed E-state index contributed by atoms with van der Waals surface area (Å²) in [5.74, 6) is 1.72. The van der Waals surface area contributed by atoms with Crippen LogP contribution in [0.4, 0.5) is 0 Å². The Kier molecular flexibility index (Phi) is 4.19. The summed E-state index contributed by atoms with van der Waals surface area (Å²) in [4.78, 5) is 0. The van der Waals surface area contributed by atoms with Crippen molar-refractivity contribution in [3.8, 4) is 0 Å². The smallest absolute Gasteiger partial charge is 0.0242 e. The number of hydrogen-bond donors (Lipinski definition) is 0. The van der Waals surface area contributed by atoms with E-state index >= 15 is 0 Å². The average Bonchev–Trinajstić information content (AvgIpc) is 2.64. The Morgan fingerprint density at radius 1 is 1.00 bits per heavy atom. The van der Waals surface area contributed by atoms with Crippen molar-refractivity contribution in [2.24, 2.45) is 11.8 Å². The summed E-state index contributed by atoms with van der Waals surface area (Å²) in [6.07, 6.45) is 2.60. The van der Waals surface area contributed by atoms with Gasteiger partial charge in [0.2, 0.25) is 0 Å². The Morgan fingerprint density at radius 2 is 1.43 bits per heavy atom. The molecule has 1 aromatic rings. The summed E-state index contributed by atoms with van der Waals surface area (Å²) >= 11 is 0. The van der Waals surface area contributed by atoms with Gasteiger partial charge in [0.1, 0.15) is 0 Å². The van der Waals surface area contributed by atoms with Crippen molar-refractivity contribution in [3.05, 3.63) is 35.4 Å². The van der Waals surface area contributed by atoms with Crippen LogP contribution in [0.5, 0.6) is 0 Å². The zero-order valence-corrected chi connectivity index (χ0v) is 9.88. The lowest BCUT2D eigenvalue weighted by atomic mass is 9.93. The molecule has 0 fully saturated rings. The molecule has 14 heavy (non-hydrogen) atoms. The molecule has 0 atom stereocenters. The first kappa shape index (κ1) is 11.3. The van der Waals surface area contributed by atoms with E-state index in [1.807, 2.05) is 13.8 Å². The lowest BCUT2D eigenvalue weighted by molar-refractivity contribution is 0.404. The fraction of sp³-hybridized carbons (Fsp3) is 0.571. The van der Waals surface area contributed by atoms with Crippen LogP contribution in [-0.4, -0.2) is 0 Å². The molecule has 0 heterocycles. The fourth-order valence-corrected chi connectivity index (χ4v) is 2.06. The van der Waals surface area contributed by atoms with E-state index in [0.29, 0.717) is 0 Å². The molecule has 0 saturated heterocycles. The van der Waals surface area contributed by atoms with Gasteiger partial charge in [0.15, 0.2) is 0 Å². The van der Waals surface area contributed by atoms with Crippen LogP contribution >= 0.6 is 0 Å². The first-order valence-electron chi connectivity index (χ1n) is 5.84. The Hall–Kier alpha value is -0.780. The van der Waals surface area contributed by atoms with E-state index in [2.05, 4.69) is 38.1 Å². The molecule has 0 aliphatic heterocycles. The molecule has 0 nitrogen and oxygen atoms in total. The summed E-state index contributed by atoms with van der Waals surface area (Å²) in [5, 5.41) is 0. The van der Waals surface area contributed by atoms with Crippen LogP contribution in [0.15, 0.2) is 24.3 Å². The first-order valence-corrected chi connectivity index (χ1v) is 5.84. The van der Waals surface area contributed by atoms with Gasteiger partial charge in [-0.2, -0.15) is 0 Å². The number of hydrogen-bond acceptors (Lipinski definition) is 0. The predicted molar refractivity (Wildman–Crippen MR) is 63.5 cm³/mol. The fourth-order valence-electron chi connectivity index (χ4n) is 2.06. The zero-order valence-electron chi connectivity index (χ0n) is 9.88. The van der Waals surface area contributed by atoms with Gasteiger partial charge in [-0.3, -0.25) is 0 Å². The van der Waals surface area contributed by atoms with Gasteiger partial charge >= 0.3 is 0 Å². The van der Waals surface area contributed by atoms with E-state index in [1.54, 1.807) is 11.1 Å². The van der Waals surface area contributed by atoms with Crippen molar-refractivity contribution in [1.82, 2.24) is 0 Å². The second kappa shape index (κ2) is 5.19. The summed E-state index contributed by atoms with van der Waals surface area (Å²) in [6, 6.07) is 8.86. The van der Waals surface area contributed by atoms with E-state index in [9.17, 15) is 0 Å². The number of rotatable bonds is 1. The second-order valence-electron chi connectivity index (χ2n) is 4.18. The molecule has 0 bridgehead atoms. The molecule has 78 valence electrons. The maximum absolute atomic E-state index is 2.33. The molecular weight excluding hydrogens is 168 g/mol. The van der Waals surface area contributed by atoms with Crippen LogP contribution in [0.3, 0.4) is 0 Å². The summed E-state index contributed by atoms with van der Waals surface area (Å²) in [5.41, 5.74) is 3.16. The second-order valence-corrected chi connectivity index (χ2v) is 4.18. The van der Waals surface area contributed by atoms with E-state index < -0.39 is 0 Å². The third-order valence-electron chi connectivity index (χ3n) is 3.03. The molecule has 2 rings (SSSR count). The van der Waals surface area contributed by atoms with Crippen molar-refractivity contribution in [2.75, 3.05) is 0 Å². The molecule has 0 heteroatoms. The largest absolute Gasteiger partial charge is 0.0683 e. The van der Waals surface area contributed by atoms with E-state index in [4.69, 9.17) is 0 Å². The molecule has 0 radical (unpaired) electrons. The lowest BCUT2D eigenvalue weighted by Gasteiger charge is -2.12. The summed E-state index contributed by atoms with van der Waals surface area (Å²) in [7, 11) is 0. The molecule has 1 aliphatic carbocycles. The van der Waals surface area contributed by atoms with Gasteiger partial charge < -0.3 is 0 Å². The van der Waals surface area contributed by atoms with Crippen molar-refractivity contribution in [2.45, 2.75) is 40.5 Å². The highest BCUT2D eigenvalue weighted by Gasteiger charge is 2.22. The van der Waals surface area contributed by atoms with Gasteiger partial charge in [0, 0.05) is 0 Å².